The van der Waals surface area contributed by atoms with Gasteiger partial charge in [0.2, 0.25) is 17.8 Å². The van der Waals surface area contributed by atoms with Crippen molar-refractivity contribution in [2.75, 3.05) is 25.1 Å². The van der Waals surface area contributed by atoms with E-state index in [1.165, 1.54) is 7.11 Å². The Hall–Kier alpha value is -2.27. The van der Waals surface area contributed by atoms with Gasteiger partial charge in [0.05, 0.1) is 24.9 Å². The second kappa shape index (κ2) is 9.61. The average molecular weight is 381 g/mol. The minimum atomic E-state index is -1.12. The Kier molecular flexibility index (Phi) is 7.49. The second-order valence-corrected chi connectivity index (χ2v) is 6.85. The van der Waals surface area contributed by atoms with Crippen molar-refractivity contribution in [1.82, 2.24) is 20.6 Å². The molecule has 27 heavy (non-hydrogen) atoms. The van der Waals surface area contributed by atoms with Crippen LogP contribution in [0.3, 0.4) is 0 Å². The van der Waals surface area contributed by atoms with Gasteiger partial charge in [-0.15, -0.1) is 0 Å². The third-order valence-electron chi connectivity index (χ3n) is 4.27. The summed E-state index contributed by atoms with van der Waals surface area (Å²) in [6.45, 7) is 4.28. The number of rotatable bonds is 9. The van der Waals surface area contributed by atoms with Crippen LogP contribution in [0.25, 0.3) is 0 Å². The van der Waals surface area contributed by atoms with Crippen molar-refractivity contribution in [2.45, 2.75) is 38.7 Å². The molecule has 0 aromatic carbocycles. The van der Waals surface area contributed by atoms with Crippen molar-refractivity contribution in [1.29, 1.82) is 0 Å². The summed E-state index contributed by atoms with van der Waals surface area (Å²) in [7, 11) is 0.235. The number of nitrogens with zero attached hydrogens (tertiary/aromatic N) is 3. The molecule has 3 N–H and O–H groups in total. The van der Waals surface area contributed by atoms with Gasteiger partial charge >= 0.3 is 7.12 Å². The Balaban J connectivity index is 1.83. The summed E-state index contributed by atoms with van der Waals surface area (Å²) in [4.78, 5) is 33.8. The molecule has 2 unspecified atom stereocenters. The lowest BCUT2D eigenvalue weighted by Crippen LogP contribution is -2.58. The first-order valence-corrected chi connectivity index (χ1v) is 8.84. The van der Waals surface area contributed by atoms with E-state index in [0.717, 1.165) is 12.4 Å². The number of amides is 2. The molecule has 1 aliphatic heterocycles. The van der Waals surface area contributed by atoms with Crippen LogP contribution in [-0.4, -0.2) is 66.1 Å². The Bertz CT molecular complexity index is 648. The molecular formula is C16H25BFN5O4. The first kappa shape index (κ1) is 21.0. The van der Waals surface area contributed by atoms with Crippen molar-refractivity contribution in [2.24, 2.45) is 5.92 Å². The Labute approximate surface area is 157 Å². The zero-order valence-electron chi connectivity index (χ0n) is 15.7. The molecule has 1 saturated heterocycles. The van der Waals surface area contributed by atoms with Crippen LogP contribution in [-0.2, 0) is 14.2 Å². The van der Waals surface area contributed by atoms with Crippen molar-refractivity contribution < 1.29 is 23.7 Å². The highest BCUT2D eigenvalue weighted by atomic mass is 19.1. The van der Waals surface area contributed by atoms with Gasteiger partial charge in [0.15, 0.2) is 5.82 Å². The average Bonchev–Trinajstić information content (AvgIpc) is 2.59. The molecule has 0 spiro atoms. The van der Waals surface area contributed by atoms with Gasteiger partial charge in [-0.05, 0) is 18.8 Å². The van der Waals surface area contributed by atoms with Gasteiger partial charge in [0.25, 0.3) is 0 Å². The second-order valence-electron chi connectivity index (χ2n) is 6.85. The van der Waals surface area contributed by atoms with Gasteiger partial charge in [-0.1, -0.05) is 13.8 Å². The van der Waals surface area contributed by atoms with E-state index in [1.807, 2.05) is 13.8 Å². The molecule has 1 fully saturated rings. The molecule has 148 valence electrons. The maximum Gasteiger partial charge on any atom is 0.477 e. The molecule has 2 rings (SSSR count). The van der Waals surface area contributed by atoms with Crippen LogP contribution in [0, 0.1) is 11.7 Å². The molecule has 0 saturated carbocycles. The molecule has 9 nitrogen and oxygen atoms in total. The lowest BCUT2D eigenvalue weighted by molar-refractivity contribution is -0.127. The fourth-order valence-corrected chi connectivity index (χ4v) is 2.81. The number of hydrogen-bond acceptors (Lipinski definition) is 7. The van der Waals surface area contributed by atoms with Crippen LogP contribution in [0.5, 0.6) is 0 Å². The number of halogens is 1. The Morgan fingerprint density at radius 3 is 2.63 bits per heavy atom. The monoisotopic (exact) mass is 381 g/mol. The molecule has 11 heteroatoms. The number of hydrogen-bond donors (Lipinski definition) is 3. The summed E-state index contributed by atoms with van der Waals surface area (Å²) in [6.07, 6.45) is 3.21. The highest BCUT2D eigenvalue weighted by Gasteiger charge is 2.36. The van der Waals surface area contributed by atoms with E-state index in [1.54, 1.807) is 4.90 Å². The fourth-order valence-electron chi connectivity index (χ4n) is 2.81. The predicted molar refractivity (Wildman–Crippen MR) is 97.1 cm³/mol. The van der Waals surface area contributed by atoms with Crippen molar-refractivity contribution in [3.05, 3.63) is 18.2 Å². The van der Waals surface area contributed by atoms with Gasteiger partial charge in [0.1, 0.15) is 6.04 Å². The molecule has 0 aliphatic carbocycles. The largest absolute Gasteiger partial charge is 0.477 e. The van der Waals surface area contributed by atoms with Crippen LogP contribution in [0.2, 0.25) is 0 Å². The lowest BCUT2D eigenvalue weighted by Gasteiger charge is -2.39. The number of nitrogens with one attached hydrogen (secondary N) is 2. The van der Waals surface area contributed by atoms with Gasteiger partial charge in [-0.25, -0.2) is 14.4 Å². The van der Waals surface area contributed by atoms with E-state index in [0.29, 0.717) is 19.4 Å². The van der Waals surface area contributed by atoms with Gasteiger partial charge < -0.3 is 25.2 Å². The highest BCUT2D eigenvalue weighted by Crippen LogP contribution is 2.22. The van der Waals surface area contributed by atoms with Crippen LogP contribution in [0.1, 0.15) is 26.7 Å². The minimum absolute atomic E-state index is 0.224. The van der Waals surface area contributed by atoms with E-state index < -0.39 is 30.8 Å². The zero-order chi connectivity index (χ0) is 20.0. The molecule has 1 aromatic rings. The van der Waals surface area contributed by atoms with Gasteiger partial charge in [-0.3, -0.25) is 9.59 Å². The van der Waals surface area contributed by atoms with E-state index in [2.05, 4.69) is 20.6 Å². The summed E-state index contributed by atoms with van der Waals surface area (Å²) in [5.41, 5.74) is 0. The molecule has 2 heterocycles. The zero-order valence-corrected chi connectivity index (χ0v) is 15.7. The third kappa shape index (κ3) is 5.86. The molecule has 1 aromatic heterocycles. The van der Waals surface area contributed by atoms with E-state index in [-0.39, 0.29) is 24.3 Å². The van der Waals surface area contributed by atoms with E-state index in [4.69, 9.17) is 4.65 Å². The SMILES string of the molecule is COB(O)C(CC(C)C)NC(=O)CNC(=O)C1CCN1c1ncc(F)cn1. The molecule has 2 atom stereocenters. The Morgan fingerprint density at radius 1 is 1.44 bits per heavy atom. The highest BCUT2D eigenvalue weighted by molar-refractivity contribution is 6.45. The van der Waals surface area contributed by atoms with E-state index >= 15 is 0 Å². The number of carbonyl (C=O) groups excluding carboxylic acids is 2. The summed E-state index contributed by atoms with van der Waals surface area (Å²) in [5, 5.41) is 15.1. The summed E-state index contributed by atoms with van der Waals surface area (Å²) < 4.78 is 17.8. The Morgan fingerprint density at radius 2 is 2.11 bits per heavy atom. The van der Waals surface area contributed by atoms with E-state index in [9.17, 15) is 19.0 Å². The van der Waals surface area contributed by atoms with Crippen LogP contribution < -0.4 is 15.5 Å². The normalized spacial score (nSPS) is 17.3. The van der Waals surface area contributed by atoms with Gasteiger partial charge in [-0.2, -0.15) is 0 Å². The minimum Gasteiger partial charge on any atom is -0.426 e. The van der Waals surface area contributed by atoms with Gasteiger partial charge in [0, 0.05) is 13.7 Å². The van der Waals surface area contributed by atoms with Crippen molar-refractivity contribution >= 4 is 24.9 Å². The quantitative estimate of drug-likeness (QED) is 0.494. The lowest BCUT2D eigenvalue weighted by atomic mass is 9.74. The van der Waals surface area contributed by atoms with Crippen molar-refractivity contribution in [3.8, 4) is 0 Å². The standard InChI is InChI=1S/C16H25BFN5O4/c1-10(2)6-13(17(26)27-3)22-14(24)9-19-15(25)12-4-5-23(12)16-20-7-11(18)8-21-16/h7-8,10,12-13,26H,4-6,9H2,1-3H3,(H,19,25)(H,22,24). The third-order valence-corrected chi connectivity index (χ3v) is 4.27. The molecule has 2 amide bonds. The summed E-state index contributed by atoms with van der Waals surface area (Å²) in [6, 6.07) is -0.501. The molecule has 0 radical (unpaired) electrons. The molecular weight excluding hydrogens is 356 g/mol. The number of anilines is 1. The maximum atomic E-state index is 12.9. The first-order valence-electron chi connectivity index (χ1n) is 8.84. The number of aromatic nitrogens is 2. The van der Waals surface area contributed by atoms with Crippen LogP contribution >= 0.6 is 0 Å². The topological polar surface area (TPSA) is 117 Å². The fraction of sp³-hybridized carbons (Fsp3) is 0.625. The predicted octanol–water partition coefficient (Wildman–Crippen LogP) is -0.492. The smallest absolute Gasteiger partial charge is 0.426 e. The van der Waals surface area contributed by atoms with Crippen molar-refractivity contribution in [3.63, 3.8) is 0 Å². The van der Waals surface area contributed by atoms with Crippen LogP contribution in [0.4, 0.5) is 10.3 Å². The molecule has 1 aliphatic rings. The summed E-state index contributed by atoms with van der Waals surface area (Å²) in [5.74, 6) is -1.36. The first-order chi connectivity index (χ1) is 12.8. The molecule has 0 bridgehead atoms. The number of carbonyl (C=O) groups is 2. The maximum absolute atomic E-state index is 12.9. The van der Waals surface area contributed by atoms with Crippen LogP contribution in [0.15, 0.2) is 12.4 Å². The summed E-state index contributed by atoms with van der Waals surface area (Å²) >= 11 is 0.